The summed E-state index contributed by atoms with van der Waals surface area (Å²) in [5.41, 5.74) is 1.81. The molecule has 1 aromatic rings. The third-order valence-electron chi connectivity index (χ3n) is 1.75. The molecule has 0 heterocycles. The molecule has 0 amide bonds. The lowest BCUT2D eigenvalue weighted by Gasteiger charge is -2.01. The van der Waals surface area contributed by atoms with Crippen LogP contribution in [0.3, 0.4) is 0 Å². The van der Waals surface area contributed by atoms with E-state index in [0.717, 1.165) is 11.1 Å². The van der Waals surface area contributed by atoms with E-state index in [4.69, 9.17) is 11.7 Å². The summed E-state index contributed by atoms with van der Waals surface area (Å²) < 4.78 is 0. The summed E-state index contributed by atoms with van der Waals surface area (Å²) in [4.78, 5) is 0. The van der Waals surface area contributed by atoms with Crippen LogP contribution in [-0.4, -0.2) is 0 Å². The first-order chi connectivity index (χ1) is 5.77. The van der Waals surface area contributed by atoms with Gasteiger partial charge in [-0.05, 0) is 24.6 Å². The molecule has 0 aromatic heterocycles. The van der Waals surface area contributed by atoms with Crippen LogP contribution in [-0.2, 0) is 0 Å². The van der Waals surface area contributed by atoms with E-state index in [2.05, 4.69) is 12.0 Å². The summed E-state index contributed by atoms with van der Waals surface area (Å²) in [5.74, 6) is 2.45. The predicted molar refractivity (Wildman–Crippen MR) is 48.4 cm³/mol. The van der Waals surface area contributed by atoms with Crippen LogP contribution in [0.4, 0.5) is 0 Å². The van der Waals surface area contributed by atoms with Crippen LogP contribution in [0.15, 0.2) is 24.3 Å². The van der Waals surface area contributed by atoms with Crippen molar-refractivity contribution in [1.29, 1.82) is 5.26 Å². The number of hydrogen-bond donors (Lipinski definition) is 0. The first kappa shape index (κ1) is 8.37. The molecule has 0 aliphatic carbocycles. The van der Waals surface area contributed by atoms with Crippen LogP contribution in [0.25, 0.3) is 0 Å². The average molecular weight is 155 g/mol. The largest absolute Gasteiger partial charge is 0.198 e. The highest BCUT2D eigenvalue weighted by Gasteiger charge is 2.02. The Balaban J connectivity index is 3.05. The van der Waals surface area contributed by atoms with Crippen LogP contribution in [0.1, 0.15) is 24.0 Å². The van der Waals surface area contributed by atoms with E-state index in [1.165, 1.54) is 0 Å². The topological polar surface area (TPSA) is 23.8 Å². The van der Waals surface area contributed by atoms with Crippen molar-refractivity contribution in [2.45, 2.75) is 12.8 Å². The molecule has 0 N–H and O–H groups in total. The molecule has 0 saturated heterocycles. The first-order valence-corrected chi connectivity index (χ1v) is 3.74. The molecule has 1 unspecified atom stereocenters. The van der Waals surface area contributed by atoms with Crippen LogP contribution in [0, 0.1) is 23.7 Å². The standard InChI is InChI=1S/C11H9N/c1-3-10-5-4-6-11(7-10)9(2)8-12/h1,4-7,9H,2H3. The third-order valence-corrected chi connectivity index (χ3v) is 1.75. The highest BCUT2D eigenvalue weighted by atomic mass is 14.3. The van der Waals surface area contributed by atoms with E-state index in [-0.39, 0.29) is 5.92 Å². The summed E-state index contributed by atoms with van der Waals surface area (Å²) in [6.07, 6.45) is 5.23. The molecule has 0 saturated carbocycles. The number of terminal acetylenes is 1. The summed E-state index contributed by atoms with van der Waals surface area (Å²) in [6, 6.07) is 9.67. The van der Waals surface area contributed by atoms with Gasteiger partial charge in [-0.3, -0.25) is 0 Å². The Morgan fingerprint density at radius 3 is 2.83 bits per heavy atom. The van der Waals surface area contributed by atoms with Crippen molar-refractivity contribution in [2.75, 3.05) is 0 Å². The van der Waals surface area contributed by atoms with Crippen molar-refractivity contribution < 1.29 is 0 Å². The Morgan fingerprint density at radius 2 is 2.25 bits per heavy atom. The number of rotatable bonds is 1. The number of hydrogen-bond acceptors (Lipinski definition) is 1. The minimum absolute atomic E-state index is 0.0849. The zero-order valence-corrected chi connectivity index (χ0v) is 6.91. The van der Waals surface area contributed by atoms with Crippen molar-refractivity contribution in [2.24, 2.45) is 0 Å². The van der Waals surface area contributed by atoms with Gasteiger partial charge in [-0.2, -0.15) is 5.26 Å². The van der Waals surface area contributed by atoms with Crippen molar-refractivity contribution in [3.8, 4) is 18.4 Å². The highest BCUT2D eigenvalue weighted by molar-refractivity contribution is 5.37. The Kier molecular flexibility index (Phi) is 2.51. The maximum atomic E-state index is 8.65. The minimum Gasteiger partial charge on any atom is -0.198 e. The number of benzene rings is 1. The maximum absolute atomic E-state index is 8.65. The first-order valence-electron chi connectivity index (χ1n) is 3.74. The number of nitrogens with zero attached hydrogens (tertiary/aromatic N) is 1. The van der Waals surface area contributed by atoms with E-state index in [1.807, 2.05) is 31.2 Å². The molecular weight excluding hydrogens is 146 g/mol. The molecule has 1 rings (SSSR count). The molecule has 0 aliphatic heterocycles. The zero-order valence-electron chi connectivity index (χ0n) is 6.91. The molecule has 0 bridgehead atoms. The lowest BCUT2D eigenvalue weighted by atomic mass is 10.0. The monoisotopic (exact) mass is 155 g/mol. The summed E-state index contributed by atoms with van der Waals surface area (Å²) in [7, 11) is 0. The molecule has 1 heteroatoms. The molecule has 0 spiro atoms. The lowest BCUT2D eigenvalue weighted by Crippen LogP contribution is -1.89. The fourth-order valence-electron chi connectivity index (χ4n) is 0.972. The van der Waals surface area contributed by atoms with Gasteiger partial charge in [0.15, 0.2) is 0 Å². The molecule has 1 aromatic carbocycles. The second-order valence-electron chi connectivity index (χ2n) is 2.62. The normalized spacial score (nSPS) is 11.2. The Labute approximate surface area is 72.6 Å². The van der Waals surface area contributed by atoms with Gasteiger partial charge in [0.1, 0.15) is 0 Å². The van der Waals surface area contributed by atoms with Crippen molar-refractivity contribution in [3.05, 3.63) is 35.4 Å². The van der Waals surface area contributed by atoms with Crippen LogP contribution in [0.2, 0.25) is 0 Å². The minimum atomic E-state index is -0.0849. The van der Waals surface area contributed by atoms with Gasteiger partial charge in [-0.1, -0.05) is 18.1 Å². The van der Waals surface area contributed by atoms with Crippen molar-refractivity contribution >= 4 is 0 Å². The van der Waals surface area contributed by atoms with Crippen LogP contribution in [0.5, 0.6) is 0 Å². The zero-order chi connectivity index (χ0) is 8.97. The molecule has 1 atom stereocenters. The Bertz CT molecular complexity index is 352. The molecule has 0 fully saturated rings. The van der Waals surface area contributed by atoms with Gasteiger partial charge in [0, 0.05) is 5.56 Å². The summed E-state index contributed by atoms with van der Waals surface area (Å²) in [5, 5.41) is 8.65. The molecule has 58 valence electrons. The van der Waals surface area contributed by atoms with Gasteiger partial charge in [0.25, 0.3) is 0 Å². The molecular formula is C11H9N. The Hall–Kier alpha value is -1.73. The smallest absolute Gasteiger partial charge is 0.0700 e. The Morgan fingerprint density at radius 1 is 1.50 bits per heavy atom. The summed E-state index contributed by atoms with van der Waals surface area (Å²) >= 11 is 0. The third kappa shape index (κ3) is 1.65. The fourth-order valence-corrected chi connectivity index (χ4v) is 0.972. The van der Waals surface area contributed by atoms with E-state index >= 15 is 0 Å². The molecule has 0 radical (unpaired) electrons. The lowest BCUT2D eigenvalue weighted by molar-refractivity contribution is 0.981. The van der Waals surface area contributed by atoms with Crippen molar-refractivity contribution in [3.63, 3.8) is 0 Å². The van der Waals surface area contributed by atoms with Gasteiger partial charge < -0.3 is 0 Å². The molecule has 1 nitrogen and oxygen atoms in total. The summed E-state index contributed by atoms with van der Waals surface area (Å²) in [6.45, 7) is 1.86. The van der Waals surface area contributed by atoms with E-state index < -0.39 is 0 Å². The van der Waals surface area contributed by atoms with E-state index in [9.17, 15) is 0 Å². The second-order valence-corrected chi connectivity index (χ2v) is 2.62. The fraction of sp³-hybridized carbons (Fsp3) is 0.182. The average Bonchev–Trinajstić information content (AvgIpc) is 2.17. The van der Waals surface area contributed by atoms with Gasteiger partial charge >= 0.3 is 0 Å². The predicted octanol–water partition coefficient (Wildman–Crippen LogP) is 2.29. The van der Waals surface area contributed by atoms with Gasteiger partial charge in [0.05, 0.1) is 12.0 Å². The molecule has 12 heavy (non-hydrogen) atoms. The molecule has 0 aliphatic rings. The van der Waals surface area contributed by atoms with Gasteiger partial charge in [0.2, 0.25) is 0 Å². The van der Waals surface area contributed by atoms with Crippen LogP contribution < -0.4 is 0 Å². The second kappa shape index (κ2) is 3.60. The van der Waals surface area contributed by atoms with Gasteiger partial charge in [-0.15, -0.1) is 6.42 Å². The quantitative estimate of drug-likeness (QED) is 0.571. The SMILES string of the molecule is C#Cc1cccc(C(C)C#N)c1. The number of nitriles is 1. The maximum Gasteiger partial charge on any atom is 0.0700 e. The van der Waals surface area contributed by atoms with E-state index in [0.29, 0.717) is 0 Å². The van der Waals surface area contributed by atoms with Crippen molar-refractivity contribution in [1.82, 2.24) is 0 Å². The van der Waals surface area contributed by atoms with Crippen LogP contribution >= 0.6 is 0 Å². The van der Waals surface area contributed by atoms with E-state index in [1.54, 1.807) is 0 Å². The highest BCUT2D eigenvalue weighted by Crippen LogP contribution is 2.14. The van der Waals surface area contributed by atoms with Gasteiger partial charge in [-0.25, -0.2) is 0 Å².